The molecule has 1 rings (SSSR count). The molecule has 0 N–H and O–H groups in total. The van der Waals surface area contributed by atoms with E-state index >= 15 is 0 Å². The van der Waals surface area contributed by atoms with Gasteiger partial charge in [0.1, 0.15) is 0 Å². The first-order chi connectivity index (χ1) is 9.98. The number of allylic oxidation sites excluding steroid dienone is 1. The number of carbonyl (C=O) groups is 3. The normalized spacial score (nSPS) is 20.2. The number of methoxy groups -OCH3 is 1. The number of rotatable bonds is 5. The second-order valence-electron chi connectivity index (χ2n) is 4.31. The van der Waals surface area contributed by atoms with Gasteiger partial charge in [-0.1, -0.05) is 0 Å². The van der Waals surface area contributed by atoms with Gasteiger partial charge in [0, 0.05) is 13.5 Å². The number of esters is 2. The number of hydrogen-bond acceptors (Lipinski definition) is 7. The van der Waals surface area contributed by atoms with Gasteiger partial charge >= 0.3 is 11.9 Å². The minimum atomic E-state index is -2.05. The van der Waals surface area contributed by atoms with E-state index in [9.17, 15) is 19.6 Å². The highest BCUT2D eigenvalue weighted by molar-refractivity contribution is 6.09. The van der Waals surface area contributed by atoms with Crippen LogP contribution in [0.15, 0.2) is 11.6 Å². The van der Waals surface area contributed by atoms with Gasteiger partial charge in [-0.25, -0.2) is 0 Å². The first-order valence-corrected chi connectivity index (χ1v) is 6.51. The van der Waals surface area contributed by atoms with Crippen LogP contribution in [0, 0.1) is 16.7 Å². The Labute approximate surface area is 122 Å². The van der Waals surface area contributed by atoms with Crippen molar-refractivity contribution in [3.63, 3.8) is 0 Å². The highest BCUT2D eigenvalue weighted by atomic mass is 16.6. The first kappa shape index (κ1) is 16.9. The van der Waals surface area contributed by atoms with Crippen LogP contribution in [0.25, 0.3) is 0 Å². The summed E-state index contributed by atoms with van der Waals surface area (Å²) < 4.78 is 15.0. The summed E-state index contributed by atoms with van der Waals surface area (Å²) in [5.74, 6) is -2.30. The van der Waals surface area contributed by atoms with Crippen LogP contribution < -0.4 is 0 Å². The Hall–Kier alpha value is -2.20. The number of nitrogens with zero attached hydrogens (tertiary/aromatic N) is 1. The molecule has 7 heteroatoms. The summed E-state index contributed by atoms with van der Waals surface area (Å²) in [7, 11) is 1.26. The minimum Gasteiger partial charge on any atom is -0.465 e. The lowest BCUT2D eigenvalue weighted by molar-refractivity contribution is -0.179. The standard InChI is InChI=1S/C14H17NO6/c1-4-20-12(17)14(13(18)21-5-2)9(8-15)6-10(16)7-11(14)19-3/h6,11H,4-5,7H2,1-3H3. The lowest BCUT2D eigenvalue weighted by Gasteiger charge is -2.36. The number of ketones is 1. The number of hydrogen-bond donors (Lipinski definition) is 0. The molecule has 1 atom stereocenters. The van der Waals surface area contributed by atoms with Gasteiger partial charge in [0.15, 0.2) is 5.78 Å². The fraction of sp³-hybridized carbons (Fsp3) is 0.571. The van der Waals surface area contributed by atoms with Crippen LogP contribution in [-0.4, -0.2) is 44.1 Å². The zero-order valence-electron chi connectivity index (χ0n) is 12.2. The maximum absolute atomic E-state index is 12.4. The Kier molecular flexibility index (Phi) is 5.61. The molecule has 0 spiro atoms. The molecule has 0 aliphatic heterocycles. The molecular formula is C14H17NO6. The van der Waals surface area contributed by atoms with Crippen molar-refractivity contribution in [1.29, 1.82) is 5.26 Å². The fourth-order valence-electron chi connectivity index (χ4n) is 2.28. The quantitative estimate of drug-likeness (QED) is 0.538. The Morgan fingerprint density at radius 1 is 1.33 bits per heavy atom. The molecule has 7 nitrogen and oxygen atoms in total. The van der Waals surface area contributed by atoms with Crippen molar-refractivity contribution in [2.45, 2.75) is 26.4 Å². The largest absolute Gasteiger partial charge is 0.465 e. The van der Waals surface area contributed by atoms with Crippen LogP contribution in [0.1, 0.15) is 20.3 Å². The summed E-state index contributed by atoms with van der Waals surface area (Å²) in [4.78, 5) is 36.4. The minimum absolute atomic E-state index is 0.0169. The second kappa shape index (κ2) is 6.99. The number of carbonyl (C=O) groups excluding carboxylic acids is 3. The van der Waals surface area contributed by atoms with E-state index in [2.05, 4.69) is 0 Å². The summed E-state index contributed by atoms with van der Waals surface area (Å²) in [6.45, 7) is 3.18. The summed E-state index contributed by atoms with van der Waals surface area (Å²) in [5.41, 5.74) is -2.37. The van der Waals surface area contributed by atoms with Gasteiger partial charge in [0.25, 0.3) is 0 Å². The van der Waals surface area contributed by atoms with Crippen molar-refractivity contribution in [3.05, 3.63) is 11.6 Å². The van der Waals surface area contributed by atoms with Gasteiger partial charge in [-0.05, 0) is 19.9 Å². The van der Waals surface area contributed by atoms with Crippen LogP contribution in [0.5, 0.6) is 0 Å². The number of nitriles is 1. The van der Waals surface area contributed by atoms with Gasteiger partial charge < -0.3 is 14.2 Å². The Morgan fingerprint density at radius 3 is 2.24 bits per heavy atom. The third kappa shape index (κ3) is 2.81. The van der Waals surface area contributed by atoms with Crippen LogP contribution in [0.4, 0.5) is 0 Å². The molecule has 1 unspecified atom stereocenters. The Morgan fingerprint density at radius 2 is 1.86 bits per heavy atom. The maximum Gasteiger partial charge on any atom is 0.331 e. The van der Waals surface area contributed by atoms with Crippen LogP contribution in [0.2, 0.25) is 0 Å². The third-order valence-electron chi connectivity index (χ3n) is 3.20. The van der Waals surface area contributed by atoms with Crippen molar-refractivity contribution in [2.24, 2.45) is 5.41 Å². The predicted molar refractivity (Wildman–Crippen MR) is 69.8 cm³/mol. The predicted octanol–water partition coefficient (Wildman–Crippen LogP) is 0.537. The Bertz CT molecular complexity index is 498. The third-order valence-corrected chi connectivity index (χ3v) is 3.20. The molecule has 0 saturated heterocycles. The van der Waals surface area contributed by atoms with E-state index in [4.69, 9.17) is 14.2 Å². The van der Waals surface area contributed by atoms with E-state index in [1.165, 1.54) is 7.11 Å². The van der Waals surface area contributed by atoms with Gasteiger partial charge in [-0.15, -0.1) is 0 Å². The summed E-state index contributed by atoms with van der Waals surface area (Å²) >= 11 is 0. The maximum atomic E-state index is 12.4. The molecule has 0 saturated carbocycles. The first-order valence-electron chi connectivity index (χ1n) is 6.51. The molecule has 0 aromatic carbocycles. The summed E-state index contributed by atoms with van der Waals surface area (Å²) in [6.07, 6.45) is -0.370. The van der Waals surface area contributed by atoms with Crippen molar-refractivity contribution in [1.82, 2.24) is 0 Å². The molecular weight excluding hydrogens is 278 g/mol. The molecule has 0 aromatic heterocycles. The average molecular weight is 295 g/mol. The van der Waals surface area contributed by atoms with Crippen LogP contribution >= 0.6 is 0 Å². The zero-order chi connectivity index (χ0) is 16.0. The van der Waals surface area contributed by atoms with Gasteiger partial charge in [-0.3, -0.25) is 14.4 Å². The molecule has 0 aromatic rings. The molecule has 0 bridgehead atoms. The van der Waals surface area contributed by atoms with Gasteiger partial charge in [0.2, 0.25) is 5.41 Å². The van der Waals surface area contributed by atoms with Gasteiger partial charge in [0.05, 0.1) is 31.0 Å². The van der Waals surface area contributed by atoms with Crippen LogP contribution in [-0.2, 0) is 28.6 Å². The molecule has 0 fully saturated rings. The molecule has 1 aliphatic rings. The smallest absolute Gasteiger partial charge is 0.331 e. The van der Waals surface area contributed by atoms with Crippen LogP contribution in [0.3, 0.4) is 0 Å². The van der Waals surface area contributed by atoms with E-state index in [0.717, 1.165) is 6.08 Å². The summed E-state index contributed by atoms with van der Waals surface area (Å²) in [6, 6.07) is 1.73. The van der Waals surface area contributed by atoms with Crippen molar-refractivity contribution < 1.29 is 28.6 Å². The van der Waals surface area contributed by atoms with Crippen molar-refractivity contribution in [3.8, 4) is 6.07 Å². The molecule has 0 radical (unpaired) electrons. The Balaban J connectivity index is 3.52. The van der Waals surface area contributed by atoms with E-state index in [1.807, 2.05) is 0 Å². The molecule has 0 amide bonds. The lowest BCUT2D eigenvalue weighted by Crippen LogP contribution is -2.55. The monoisotopic (exact) mass is 295 g/mol. The average Bonchev–Trinajstić information content (AvgIpc) is 2.46. The van der Waals surface area contributed by atoms with E-state index in [1.54, 1.807) is 19.9 Å². The molecule has 1 aliphatic carbocycles. The molecule has 21 heavy (non-hydrogen) atoms. The highest BCUT2D eigenvalue weighted by Crippen LogP contribution is 2.41. The number of ether oxygens (including phenoxy) is 3. The van der Waals surface area contributed by atoms with Crippen molar-refractivity contribution in [2.75, 3.05) is 20.3 Å². The van der Waals surface area contributed by atoms with E-state index in [-0.39, 0.29) is 25.2 Å². The topological polar surface area (TPSA) is 103 Å². The summed E-state index contributed by atoms with van der Waals surface area (Å²) in [5, 5.41) is 9.25. The molecule has 114 valence electrons. The second-order valence-corrected chi connectivity index (χ2v) is 4.31. The highest BCUT2D eigenvalue weighted by Gasteiger charge is 2.61. The zero-order valence-corrected chi connectivity index (χ0v) is 12.2. The molecule has 0 heterocycles. The van der Waals surface area contributed by atoms with E-state index < -0.39 is 29.2 Å². The van der Waals surface area contributed by atoms with Gasteiger partial charge in [-0.2, -0.15) is 5.26 Å². The lowest BCUT2D eigenvalue weighted by atomic mass is 9.70. The fourth-order valence-corrected chi connectivity index (χ4v) is 2.28. The van der Waals surface area contributed by atoms with Crippen molar-refractivity contribution >= 4 is 17.7 Å². The SMILES string of the molecule is CCOC(=O)C1(C(=O)OCC)C(C#N)=CC(=O)CC1OC. The van der Waals surface area contributed by atoms with E-state index in [0.29, 0.717) is 0 Å².